The molecule has 1 heterocycles. The second-order valence-corrected chi connectivity index (χ2v) is 10.7. The Hall–Kier alpha value is -0.780. The van der Waals surface area contributed by atoms with Crippen molar-refractivity contribution in [3.8, 4) is 11.1 Å². The molecule has 1 N–H and O–H groups in total. The number of aryl methyl sites for hydroxylation is 2. The minimum Gasteiger partial charge on any atom is -0.461 e. The maximum Gasteiger partial charge on any atom is 0.348 e. The van der Waals surface area contributed by atoms with Crippen LogP contribution in [0, 0.1) is 5.92 Å². The summed E-state index contributed by atoms with van der Waals surface area (Å²) in [7, 11) is 0. The lowest BCUT2D eigenvalue weighted by Crippen LogP contribution is -2.05. The van der Waals surface area contributed by atoms with E-state index in [2.05, 4.69) is 6.92 Å². The first-order chi connectivity index (χ1) is 14.9. The number of alkyl halides is 1. The van der Waals surface area contributed by atoms with E-state index in [4.69, 9.17) is 44.6 Å². The van der Waals surface area contributed by atoms with Crippen molar-refractivity contribution in [2.24, 2.45) is 5.92 Å². The Bertz CT molecular complexity index is 896. The van der Waals surface area contributed by atoms with Gasteiger partial charge in [-0.1, -0.05) is 36.5 Å². The molecule has 1 aliphatic carbocycles. The van der Waals surface area contributed by atoms with Crippen LogP contribution in [0.2, 0.25) is 10.0 Å². The number of aliphatic hydroxyl groups excluding tert-OH is 1. The van der Waals surface area contributed by atoms with Crippen LogP contribution in [0.1, 0.15) is 65.6 Å². The first-order valence-corrected chi connectivity index (χ1v) is 13.0. The molecule has 0 aliphatic heterocycles. The van der Waals surface area contributed by atoms with Gasteiger partial charge in [0.2, 0.25) is 0 Å². The molecule has 0 unspecified atom stereocenters. The second-order valence-electron chi connectivity index (χ2n) is 8.15. The topological polar surface area (TPSA) is 46.5 Å². The van der Waals surface area contributed by atoms with E-state index in [1.54, 1.807) is 6.07 Å². The molecule has 170 valence electrons. The molecule has 0 saturated heterocycles. The molecule has 0 bridgehead atoms. The number of hydrogen-bond acceptors (Lipinski definition) is 4. The summed E-state index contributed by atoms with van der Waals surface area (Å²) in [5.74, 6) is 0.274. The van der Waals surface area contributed by atoms with E-state index in [0.717, 1.165) is 60.1 Å². The Morgan fingerprint density at radius 1 is 1.23 bits per heavy atom. The van der Waals surface area contributed by atoms with E-state index in [1.165, 1.54) is 17.8 Å². The quantitative estimate of drug-likeness (QED) is 0.207. The summed E-state index contributed by atoms with van der Waals surface area (Å²) in [5, 5.41) is 10.5. The van der Waals surface area contributed by atoms with Gasteiger partial charge in [-0.3, -0.25) is 0 Å². The van der Waals surface area contributed by atoms with Gasteiger partial charge in [0.1, 0.15) is 4.88 Å². The second kappa shape index (κ2) is 11.9. The van der Waals surface area contributed by atoms with Crippen LogP contribution in [-0.4, -0.2) is 29.7 Å². The molecule has 1 saturated carbocycles. The van der Waals surface area contributed by atoms with Gasteiger partial charge < -0.3 is 9.84 Å². The van der Waals surface area contributed by atoms with Crippen molar-refractivity contribution in [3.63, 3.8) is 0 Å². The number of esters is 1. The van der Waals surface area contributed by atoms with Crippen molar-refractivity contribution in [1.29, 1.82) is 0 Å². The highest BCUT2D eigenvalue weighted by Gasteiger charge is 2.25. The third-order valence-corrected chi connectivity index (χ3v) is 7.82. The van der Waals surface area contributed by atoms with E-state index < -0.39 is 0 Å². The van der Waals surface area contributed by atoms with E-state index in [-0.39, 0.29) is 19.2 Å². The number of carbonyl (C=O) groups is 1. The van der Waals surface area contributed by atoms with Gasteiger partial charge in [-0.25, -0.2) is 4.79 Å². The van der Waals surface area contributed by atoms with Crippen LogP contribution in [-0.2, 0) is 17.6 Å². The summed E-state index contributed by atoms with van der Waals surface area (Å²) in [6, 6.07) is 5.68. The standard InChI is InChI=1S/C24H29Cl3O3S/c1-2-4-21-19(14-22(31-21)24(29)30-10-3-9-28)23-16(12-18(26)13-20(23)27)7-5-15-6-8-17(25)11-15/h12-15,17,28H,2-11H2,1H3/t15-,17+/m0/s1. The molecule has 1 aromatic heterocycles. The van der Waals surface area contributed by atoms with Crippen LogP contribution in [0.5, 0.6) is 0 Å². The maximum atomic E-state index is 12.5. The predicted molar refractivity (Wildman–Crippen MR) is 131 cm³/mol. The van der Waals surface area contributed by atoms with Gasteiger partial charge in [-0.15, -0.1) is 22.9 Å². The van der Waals surface area contributed by atoms with E-state index in [1.807, 2.05) is 12.1 Å². The van der Waals surface area contributed by atoms with Crippen LogP contribution < -0.4 is 0 Å². The maximum absolute atomic E-state index is 12.5. The first kappa shape index (κ1) is 24.9. The molecule has 2 aromatic rings. The number of hydrogen-bond donors (Lipinski definition) is 1. The minimum absolute atomic E-state index is 0.000737. The van der Waals surface area contributed by atoms with Gasteiger partial charge in [-0.05, 0) is 73.8 Å². The number of halogens is 3. The molecule has 1 fully saturated rings. The number of rotatable bonds is 10. The molecule has 0 spiro atoms. The number of aliphatic hydroxyl groups is 1. The Kier molecular flexibility index (Phi) is 9.54. The number of benzene rings is 1. The molecule has 0 amide bonds. The number of thiophene rings is 1. The lowest BCUT2D eigenvalue weighted by molar-refractivity contribution is 0.0488. The average Bonchev–Trinajstić information content (AvgIpc) is 3.33. The summed E-state index contributed by atoms with van der Waals surface area (Å²) in [6.07, 6.45) is 7.50. The highest BCUT2D eigenvalue weighted by atomic mass is 35.5. The molecule has 1 aromatic carbocycles. The molecule has 3 nitrogen and oxygen atoms in total. The van der Waals surface area contributed by atoms with Crippen LogP contribution in [0.3, 0.4) is 0 Å². The van der Waals surface area contributed by atoms with Gasteiger partial charge in [0.05, 0.1) is 11.6 Å². The normalized spacial score (nSPS) is 18.5. The van der Waals surface area contributed by atoms with Gasteiger partial charge in [0.15, 0.2) is 0 Å². The zero-order valence-electron chi connectivity index (χ0n) is 17.8. The smallest absolute Gasteiger partial charge is 0.348 e. The summed E-state index contributed by atoms with van der Waals surface area (Å²) >= 11 is 20.8. The fraction of sp³-hybridized carbons (Fsp3) is 0.542. The molecular formula is C24H29Cl3O3S. The summed E-state index contributed by atoms with van der Waals surface area (Å²) in [4.78, 5) is 14.2. The van der Waals surface area contributed by atoms with Crippen molar-refractivity contribution in [2.75, 3.05) is 13.2 Å². The molecule has 31 heavy (non-hydrogen) atoms. The van der Waals surface area contributed by atoms with E-state index >= 15 is 0 Å². The fourth-order valence-corrected chi connectivity index (χ4v) is 6.39. The third kappa shape index (κ3) is 6.61. The largest absolute Gasteiger partial charge is 0.461 e. The molecule has 2 atom stereocenters. The van der Waals surface area contributed by atoms with E-state index in [9.17, 15) is 4.79 Å². The summed E-state index contributed by atoms with van der Waals surface area (Å²) in [5.41, 5.74) is 3.09. The minimum atomic E-state index is -0.354. The van der Waals surface area contributed by atoms with Crippen molar-refractivity contribution in [1.82, 2.24) is 0 Å². The zero-order valence-corrected chi connectivity index (χ0v) is 20.8. The van der Waals surface area contributed by atoms with Crippen molar-refractivity contribution < 1.29 is 14.6 Å². The molecule has 7 heteroatoms. The van der Waals surface area contributed by atoms with Gasteiger partial charge >= 0.3 is 5.97 Å². The van der Waals surface area contributed by atoms with Crippen LogP contribution in [0.15, 0.2) is 18.2 Å². The zero-order chi connectivity index (χ0) is 22.4. The molecule has 1 aliphatic rings. The molecular weight excluding hydrogens is 475 g/mol. The van der Waals surface area contributed by atoms with Crippen LogP contribution in [0.4, 0.5) is 0 Å². The van der Waals surface area contributed by atoms with Gasteiger partial charge in [0, 0.05) is 33.9 Å². The number of ether oxygens (including phenoxy) is 1. The Labute approximate surface area is 203 Å². The van der Waals surface area contributed by atoms with Crippen molar-refractivity contribution in [2.45, 2.75) is 63.7 Å². The molecule has 0 radical (unpaired) electrons. The van der Waals surface area contributed by atoms with Crippen molar-refractivity contribution >= 4 is 52.1 Å². The number of carbonyl (C=O) groups excluding carboxylic acids is 1. The average molecular weight is 504 g/mol. The SMILES string of the molecule is CCCc1sc(C(=O)OCCCO)cc1-c1c(Cl)cc(Cl)cc1CC[C@H]1CC[C@@H](Cl)C1. The van der Waals surface area contributed by atoms with Crippen molar-refractivity contribution in [3.05, 3.63) is 43.6 Å². The highest BCUT2D eigenvalue weighted by Crippen LogP contribution is 2.42. The van der Waals surface area contributed by atoms with Crippen LogP contribution in [0.25, 0.3) is 11.1 Å². The summed E-state index contributed by atoms with van der Waals surface area (Å²) in [6.45, 7) is 2.33. The van der Waals surface area contributed by atoms with Gasteiger partial charge in [0.25, 0.3) is 0 Å². The first-order valence-electron chi connectivity index (χ1n) is 11.0. The third-order valence-electron chi connectivity index (χ3n) is 5.73. The highest BCUT2D eigenvalue weighted by molar-refractivity contribution is 7.14. The Morgan fingerprint density at radius 2 is 2.03 bits per heavy atom. The lowest BCUT2D eigenvalue weighted by Gasteiger charge is -2.15. The predicted octanol–water partition coefficient (Wildman–Crippen LogP) is 7.55. The Balaban J connectivity index is 1.91. The lowest BCUT2D eigenvalue weighted by atomic mass is 9.92. The monoisotopic (exact) mass is 502 g/mol. The summed E-state index contributed by atoms with van der Waals surface area (Å²) < 4.78 is 5.30. The fourth-order valence-electron chi connectivity index (χ4n) is 4.22. The van der Waals surface area contributed by atoms with Crippen LogP contribution >= 0.6 is 46.1 Å². The Morgan fingerprint density at radius 3 is 2.71 bits per heavy atom. The van der Waals surface area contributed by atoms with Gasteiger partial charge in [-0.2, -0.15) is 0 Å². The molecule has 3 rings (SSSR count). The van der Waals surface area contributed by atoms with E-state index in [0.29, 0.717) is 32.6 Å².